The molecule has 0 fully saturated rings. The smallest absolute Gasteiger partial charge is 0.143 e. The second kappa shape index (κ2) is 5.84. The topological polar surface area (TPSA) is 12.0 Å². The Hall–Kier alpha value is -1.32. The maximum Gasteiger partial charge on any atom is 0.143 e. The van der Waals surface area contributed by atoms with Crippen LogP contribution in [0, 0.1) is 6.92 Å². The van der Waals surface area contributed by atoms with Crippen molar-refractivity contribution in [3.05, 3.63) is 60.2 Å². The van der Waals surface area contributed by atoms with Crippen LogP contribution in [-0.2, 0) is 0 Å². The third-order valence-corrected chi connectivity index (χ3v) is 3.63. The molecule has 0 spiro atoms. The van der Waals surface area contributed by atoms with Crippen LogP contribution in [0.15, 0.2) is 59.5 Å². The molecule has 0 aliphatic heterocycles. The fraction of sp³-hybridized carbons (Fsp3) is 0.0714. The minimum absolute atomic E-state index is 0.769. The summed E-state index contributed by atoms with van der Waals surface area (Å²) < 4.78 is 0.769. The molecule has 0 saturated carbocycles. The Labute approximate surface area is 111 Å². The number of hydrogen-bond acceptors (Lipinski definition) is 2. The molecule has 0 aliphatic rings. The van der Waals surface area contributed by atoms with Gasteiger partial charge in [-0.2, -0.15) is 0 Å². The van der Waals surface area contributed by atoms with Crippen LogP contribution in [0.1, 0.15) is 5.56 Å². The molecule has 2 aromatic carbocycles. The maximum atomic E-state index is 5.33. The van der Waals surface area contributed by atoms with Gasteiger partial charge in [0.15, 0.2) is 0 Å². The van der Waals surface area contributed by atoms with Gasteiger partial charge in [0.05, 0.1) is 0 Å². The molecule has 0 unspecified atom stereocenters. The molecule has 2 aromatic rings. The highest BCUT2D eigenvalue weighted by Crippen LogP contribution is 2.24. The lowest BCUT2D eigenvalue weighted by molar-refractivity contribution is 1.31. The minimum Gasteiger partial charge on any atom is -0.341 e. The van der Waals surface area contributed by atoms with E-state index in [0.717, 1.165) is 10.0 Å². The van der Waals surface area contributed by atoms with Gasteiger partial charge in [-0.1, -0.05) is 60.4 Å². The van der Waals surface area contributed by atoms with Gasteiger partial charge >= 0.3 is 0 Å². The van der Waals surface area contributed by atoms with Crippen LogP contribution in [0.25, 0.3) is 0 Å². The van der Waals surface area contributed by atoms with Gasteiger partial charge in [0.2, 0.25) is 0 Å². The minimum atomic E-state index is 0.769. The van der Waals surface area contributed by atoms with E-state index < -0.39 is 0 Å². The zero-order valence-electron chi connectivity index (χ0n) is 9.51. The Balaban J connectivity index is 2.01. The number of thioether (sulfide) groups is 1. The summed E-state index contributed by atoms with van der Waals surface area (Å²) in [7, 11) is 0. The molecule has 1 N–H and O–H groups in total. The number of para-hydroxylation sites is 1. The van der Waals surface area contributed by atoms with Gasteiger partial charge in [0.1, 0.15) is 4.32 Å². The van der Waals surface area contributed by atoms with Crippen molar-refractivity contribution in [2.45, 2.75) is 11.8 Å². The van der Waals surface area contributed by atoms with Crippen molar-refractivity contribution < 1.29 is 0 Å². The molecule has 0 heterocycles. The van der Waals surface area contributed by atoms with Crippen molar-refractivity contribution in [3.63, 3.8) is 0 Å². The Morgan fingerprint density at radius 3 is 2.35 bits per heavy atom. The van der Waals surface area contributed by atoms with Gasteiger partial charge < -0.3 is 5.32 Å². The highest BCUT2D eigenvalue weighted by atomic mass is 32.2. The molecule has 1 nitrogen and oxygen atoms in total. The Bertz CT molecular complexity index is 509. The van der Waals surface area contributed by atoms with Gasteiger partial charge in [0.25, 0.3) is 0 Å². The second-order valence-electron chi connectivity index (χ2n) is 3.65. The van der Waals surface area contributed by atoms with Crippen LogP contribution < -0.4 is 5.32 Å². The molecule has 3 heteroatoms. The van der Waals surface area contributed by atoms with Crippen molar-refractivity contribution in [1.82, 2.24) is 0 Å². The highest BCUT2D eigenvalue weighted by Gasteiger charge is 2.02. The number of anilines is 1. The average Bonchev–Trinajstić information content (AvgIpc) is 2.33. The van der Waals surface area contributed by atoms with Crippen molar-refractivity contribution in [2.75, 3.05) is 5.32 Å². The van der Waals surface area contributed by atoms with Gasteiger partial charge in [-0.15, -0.1) is 0 Å². The van der Waals surface area contributed by atoms with Gasteiger partial charge in [-0.05, 0) is 30.7 Å². The summed E-state index contributed by atoms with van der Waals surface area (Å²) in [5, 5.41) is 3.21. The first-order valence-electron chi connectivity index (χ1n) is 5.35. The summed E-state index contributed by atoms with van der Waals surface area (Å²) in [6, 6.07) is 18.2. The molecule has 0 saturated heterocycles. The average molecular weight is 259 g/mol. The number of thiocarbonyl (C=S) groups is 1. The van der Waals surface area contributed by atoms with Crippen molar-refractivity contribution in [2.24, 2.45) is 0 Å². The molecule has 0 radical (unpaired) electrons. The number of aryl methyl sites for hydroxylation is 1. The molecule has 86 valence electrons. The van der Waals surface area contributed by atoms with E-state index in [1.54, 1.807) is 11.8 Å². The van der Waals surface area contributed by atoms with Crippen LogP contribution in [0.4, 0.5) is 5.69 Å². The lowest BCUT2D eigenvalue weighted by atomic mass is 10.2. The van der Waals surface area contributed by atoms with Crippen LogP contribution in [0.2, 0.25) is 0 Å². The van der Waals surface area contributed by atoms with Crippen LogP contribution in [0.3, 0.4) is 0 Å². The highest BCUT2D eigenvalue weighted by molar-refractivity contribution is 8.23. The molecular weight excluding hydrogens is 246 g/mol. The predicted molar refractivity (Wildman–Crippen MR) is 79.7 cm³/mol. The molecule has 17 heavy (non-hydrogen) atoms. The lowest BCUT2D eigenvalue weighted by Gasteiger charge is -2.08. The van der Waals surface area contributed by atoms with E-state index in [1.165, 1.54) is 10.5 Å². The maximum absolute atomic E-state index is 5.33. The fourth-order valence-electron chi connectivity index (χ4n) is 1.44. The van der Waals surface area contributed by atoms with Crippen LogP contribution in [-0.4, -0.2) is 4.32 Å². The van der Waals surface area contributed by atoms with Crippen molar-refractivity contribution in [3.8, 4) is 0 Å². The molecule has 0 bridgehead atoms. The van der Waals surface area contributed by atoms with Gasteiger partial charge in [-0.25, -0.2) is 0 Å². The zero-order valence-corrected chi connectivity index (χ0v) is 11.1. The summed E-state index contributed by atoms with van der Waals surface area (Å²) in [5.41, 5.74) is 2.27. The molecule has 0 amide bonds. The van der Waals surface area contributed by atoms with E-state index in [9.17, 15) is 0 Å². The summed E-state index contributed by atoms with van der Waals surface area (Å²) >= 11 is 6.91. The molecule has 0 aromatic heterocycles. The quantitative estimate of drug-likeness (QED) is 0.630. The third kappa shape index (κ3) is 3.58. The normalized spacial score (nSPS) is 9.94. The van der Waals surface area contributed by atoms with Gasteiger partial charge in [-0.3, -0.25) is 0 Å². The standard InChI is InChI=1S/C14H13NS2/c1-11-7-5-6-10-13(11)17-14(16)15-12-8-3-2-4-9-12/h2-10H,1H3,(H,15,16). The summed E-state index contributed by atoms with van der Waals surface area (Å²) in [6.45, 7) is 2.09. The third-order valence-electron chi connectivity index (χ3n) is 2.32. The summed E-state index contributed by atoms with van der Waals surface area (Å²) in [6.07, 6.45) is 0. The SMILES string of the molecule is Cc1ccccc1SC(=S)Nc1ccccc1. The Morgan fingerprint density at radius 1 is 1.00 bits per heavy atom. The van der Waals surface area contributed by atoms with Crippen LogP contribution in [0.5, 0.6) is 0 Å². The summed E-state index contributed by atoms with van der Waals surface area (Å²) in [5.74, 6) is 0. The molecule has 2 rings (SSSR count). The van der Waals surface area contributed by atoms with E-state index in [2.05, 4.69) is 24.4 Å². The predicted octanol–water partition coefficient (Wildman–Crippen LogP) is 4.48. The number of nitrogens with one attached hydrogen (secondary N) is 1. The van der Waals surface area contributed by atoms with E-state index in [1.807, 2.05) is 42.5 Å². The zero-order chi connectivity index (χ0) is 12.1. The first kappa shape index (κ1) is 12.1. The molecule has 0 atom stereocenters. The van der Waals surface area contributed by atoms with E-state index in [-0.39, 0.29) is 0 Å². The molecular formula is C14H13NS2. The first-order valence-corrected chi connectivity index (χ1v) is 6.58. The van der Waals surface area contributed by atoms with E-state index >= 15 is 0 Å². The van der Waals surface area contributed by atoms with Gasteiger partial charge in [0, 0.05) is 10.6 Å². The second-order valence-corrected chi connectivity index (χ2v) is 5.36. The fourth-order valence-corrected chi connectivity index (χ4v) is 2.57. The first-order chi connectivity index (χ1) is 8.25. The monoisotopic (exact) mass is 259 g/mol. The molecule has 0 aliphatic carbocycles. The number of hydrogen-bond donors (Lipinski definition) is 1. The van der Waals surface area contributed by atoms with Crippen LogP contribution >= 0.6 is 24.0 Å². The number of rotatable bonds is 2. The van der Waals surface area contributed by atoms with E-state index in [0.29, 0.717) is 0 Å². The lowest BCUT2D eigenvalue weighted by Crippen LogP contribution is -2.04. The largest absolute Gasteiger partial charge is 0.341 e. The van der Waals surface area contributed by atoms with Crippen molar-refractivity contribution in [1.29, 1.82) is 0 Å². The number of benzene rings is 2. The van der Waals surface area contributed by atoms with Crippen molar-refractivity contribution >= 4 is 34.0 Å². The van der Waals surface area contributed by atoms with E-state index in [4.69, 9.17) is 12.2 Å². The Kier molecular flexibility index (Phi) is 4.18. The Morgan fingerprint density at radius 2 is 1.65 bits per heavy atom. The summed E-state index contributed by atoms with van der Waals surface area (Å²) in [4.78, 5) is 1.20.